The number of anilines is 1. The number of halogens is 3. The van der Waals surface area contributed by atoms with Gasteiger partial charge in [0.2, 0.25) is 11.1 Å². The maximum absolute atomic E-state index is 13.2. The van der Waals surface area contributed by atoms with Crippen molar-refractivity contribution in [2.75, 3.05) is 10.7 Å². The Balaban J connectivity index is 1.65. The lowest BCUT2D eigenvalue weighted by atomic mass is 10.0. The van der Waals surface area contributed by atoms with Crippen LogP contribution < -0.4 is 10.7 Å². The van der Waals surface area contributed by atoms with Crippen molar-refractivity contribution in [2.45, 2.75) is 49.3 Å². The van der Waals surface area contributed by atoms with Crippen LogP contribution in [-0.4, -0.2) is 26.0 Å². The Kier molecular flexibility index (Phi) is 6.14. The number of nitrogens with one attached hydrogen (secondary N) is 2. The zero-order valence-electron chi connectivity index (χ0n) is 17.5. The fourth-order valence-electron chi connectivity index (χ4n) is 3.49. The number of fused-ring (bicyclic) bond motifs is 1. The molecule has 2 N–H and O–H groups in total. The second-order valence-electron chi connectivity index (χ2n) is 7.61. The summed E-state index contributed by atoms with van der Waals surface area (Å²) in [7, 11) is 0. The molecule has 0 saturated carbocycles. The van der Waals surface area contributed by atoms with Crippen molar-refractivity contribution in [3.8, 4) is 0 Å². The third-order valence-corrected chi connectivity index (χ3v) is 6.34. The minimum atomic E-state index is -4.49. The Labute approximate surface area is 187 Å². The van der Waals surface area contributed by atoms with E-state index in [9.17, 15) is 18.0 Å². The van der Waals surface area contributed by atoms with E-state index in [-0.39, 0.29) is 5.69 Å². The van der Waals surface area contributed by atoms with Gasteiger partial charge in [0.1, 0.15) is 5.25 Å². The number of carbonyl (C=O) groups is 1. The number of amides is 1. The highest BCUT2D eigenvalue weighted by Gasteiger charge is 2.38. The van der Waals surface area contributed by atoms with Gasteiger partial charge in [-0.2, -0.15) is 13.2 Å². The first-order chi connectivity index (χ1) is 15.3. The van der Waals surface area contributed by atoms with E-state index in [0.717, 1.165) is 41.9 Å². The van der Waals surface area contributed by atoms with Gasteiger partial charge in [0, 0.05) is 12.1 Å². The second kappa shape index (κ2) is 8.85. The average Bonchev–Trinajstić information content (AvgIpc) is 3.15. The number of thioether (sulfide) groups is 1. The van der Waals surface area contributed by atoms with Gasteiger partial charge in [-0.3, -0.25) is 4.79 Å². The molecule has 2 aromatic carbocycles. The van der Waals surface area contributed by atoms with Crippen molar-refractivity contribution in [2.24, 2.45) is 0 Å². The first-order valence-electron chi connectivity index (χ1n) is 10.2. The van der Waals surface area contributed by atoms with Gasteiger partial charge in [0.05, 0.1) is 11.6 Å². The molecule has 1 aliphatic heterocycles. The largest absolute Gasteiger partial charge is 0.416 e. The number of carbonyl (C=O) groups excluding carboxylic acids is 1. The van der Waals surface area contributed by atoms with Gasteiger partial charge in [-0.25, -0.2) is 4.68 Å². The predicted octanol–water partition coefficient (Wildman–Crippen LogP) is 4.96. The molecule has 4 rings (SSSR count). The number of nitrogens with zero attached hydrogens (tertiary/aromatic N) is 3. The van der Waals surface area contributed by atoms with Crippen molar-refractivity contribution >= 4 is 23.4 Å². The molecule has 0 fully saturated rings. The molecule has 168 valence electrons. The number of rotatable bonds is 5. The van der Waals surface area contributed by atoms with Crippen LogP contribution in [0.4, 0.5) is 18.9 Å². The quantitative estimate of drug-likeness (QED) is 0.562. The topological polar surface area (TPSA) is 71.8 Å². The Bertz CT molecular complexity index is 1110. The maximum Gasteiger partial charge on any atom is 0.416 e. The van der Waals surface area contributed by atoms with Crippen molar-refractivity contribution in [1.82, 2.24) is 14.9 Å². The number of hydrogen-bond donors (Lipinski definition) is 2. The SMILES string of the molecule is CCCc1nnc2n1N[C@H](c1ccc(C)cc1)[C@H](C(=O)Nc1cccc(C(F)(F)F)c1)S2. The number of benzene rings is 2. The monoisotopic (exact) mass is 461 g/mol. The van der Waals surface area contributed by atoms with E-state index >= 15 is 0 Å². The van der Waals surface area contributed by atoms with Crippen LogP contribution in [0.2, 0.25) is 0 Å². The number of hydrogen-bond acceptors (Lipinski definition) is 5. The molecule has 1 aliphatic rings. The maximum atomic E-state index is 13.2. The molecule has 0 spiro atoms. The number of aromatic nitrogens is 3. The molecule has 10 heteroatoms. The molecule has 1 aromatic heterocycles. The minimum Gasteiger partial charge on any atom is -0.325 e. The zero-order chi connectivity index (χ0) is 22.9. The van der Waals surface area contributed by atoms with Crippen molar-refractivity contribution in [3.05, 3.63) is 71.0 Å². The molecule has 32 heavy (non-hydrogen) atoms. The molecule has 6 nitrogen and oxygen atoms in total. The second-order valence-corrected chi connectivity index (χ2v) is 8.72. The summed E-state index contributed by atoms with van der Waals surface area (Å²) in [5.74, 6) is 0.350. The third kappa shape index (κ3) is 4.59. The van der Waals surface area contributed by atoms with Gasteiger partial charge in [0.25, 0.3) is 0 Å². The van der Waals surface area contributed by atoms with E-state index in [1.807, 2.05) is 38.1 Å². The fraction of sp³-hybridized carbons (Fsp3) is 0.318. The van der Waals surface area contributed by atoms with Crippen molar-refractivity contribution in [1.29, 1.82) is 0 Å². The summed E-state index contributed by atoms with van der Waals surface area (Å²) >= 11 is 1.24. The van der Waals surface area contributed by atoms with E-state index in [1.165, 1.54) is 23.9 Å². The Hall–Kier alpha value is -3.01. The van der Waals surface area contributed by atoms with Crippen LogP contribution >= 0.6 is 11.8 Å². The van der Waals surface area contributed by atoms with Crippen LogP contribution in [-0.2, 0) is 17.4 Å². The minimum absolute atomic E-state index is 0.0896. The Morgan fingerprint density at radius 1 is 1.19 bits per heavy atom. The summed E-state index contributed by atoms with van der Waals surface area (Å²) in [6.07, 6.45) is -2.88. The van der Waals surface area contributed by atoms with E-state index in [1.54, 1.807) is 4.68 Å². The lowest BCUT2D eigenvalue weighted by molar-refractivity contribution is -0.137. The average molecular weight is 462 g/mol. The molecule has 0 aliphatic carbocycles. The van der Waals surface area contributed by atoms with Gasteiger partial charge in [-0.1, -0.05) is 54.6 Å². The smallest absolute Gasteiger partial charge is 0.325 e. The fourth-order valence-corrected chi connectivity index (χ4v) is 4.59. The molecular weight excluding hydrogens is 439 g/mol. The molecule has 0 saturated heterocycles. The van der Waals surface area contributed by atoms with Gasteiger partial charge < -0.3 is 10.7 Å². The third-order valence-electron chi connectivity index (χ3n) is 5.13. The predicted molar refractivity (Wildman–Crippen MR) is 117 cm³/mol. The molecule has 2 atom stereocenters. The number of aryl methyl sites for hydroxylation is 2. The lowest BCUT2D eigenvalue weighted by Gasteiger charge is -2.33. The van der Waals surface area contributed by atoms with Crippen LogP contribution in [0.25, 0.3) is 0 Å². The van der Waals surface area contributed by atoms with Gasteiger partial charge in [-0.15, -0.1) is 10.2 Å². The van der Waals surface area contributed by atoms with E-state index in [4.69, 9.17) is 0 Å². The van der Waals surface area contributed by atoms with E-state index in [2.05, 4.69) is 20.9 Å². The van der Waals surface area contributed by atoms with Gasteiger partial charge >= 0.3 is 6.18 Å². The normalized spacial score (nSPS) is 18.0. The summed E-state index contributed by atoms with van der Waals surface area (Å²) in [6.45, 7) is 4.02. The molecule has 3 aromatic rings. The first kappa shape index (κ1) is 22.2. The van der Waals surface area contributed by atoms with Crippen molar-refractivity contribution in [3.63, 3.8) is 0 Å². The number of alkyl halides is 3. The van der Waals surface area contributed by atoms with Crippen molar-refractivity contribution < 1.29 is 18.0 Å². The van der Waals surface area contributed by atoms with Crippen LogP contribution in [0, 0.1) is 6.92 Å². The van der Waals surface area contributed by atoms with Gasteiger partial charge in [0.15, 0.2) is 5.82 Å². The lowest BCUT2D eigenvalue weighted by Crippen LogP contribution is -2.41. The standard InChI is InChI=1S/C22H22F3N5OS/c1-3-5-17-27-28-21-30(17)29-18(14-10-8-13(2)9-11-14)19(32-21)20(31)26-16-7-4-6-15(12-16)22(23,24)25/h4,6-12,18-19,29H,3,5H2,1-2H3,(H,26,31)/t18-,19-/m1/s1. The highest BCUT2D eigenvalue weighted by Crippen LogP contribution is 2.38. The van der Waals surface area contributed by atoms with Crippen LogP contribution in [0.5, 0.6) is 0 Å². The van der Waals surface area contributed by atoms with Gasteiger partial charge in [-0.05, 0) is 37.1 Å². The Morgan fingerprint density at radius 3 is 2.62 bits per heavy atom. The molecule has 0 radical (unpaired) electrons. The Morgan fingerprint density at radius 2 is 1.94 bits per heavy atom. The molecule has 0 bridgehead atoms. The summed E-state index contributed by atoms with van der Waals surface area (Å²) in [5, 5.41) is 10.9. The summed E-state index contributed by atoms with van der Waals surface area (Å²) < 4.78 is 41.0. The highest BCUT2D eigenvalue weighted by atomic mass is 32.2. The van der Waals surface area contributed by atoms with Crippen LogP contribution in [0.1, 0.15) is 41.9 Å². The first-order valence-corrected chi connectivity index (χ1v) is 11.1. The summed E-state index contributed by atoms with van der Waals surface area (Å²) in [5.41, 5.74) is 4.59. The van der Waals surface area contributed by atoms with E-state index < -0.39 is 28.9 Å². The van der Waals surface area contributed by atoms with Crippen LogP contribution in [0.15, 0.2) is 53.7 Å². The summed E-state index contributed by atoms with van der Waals surface area (Å²) in [4.78, 5) is 13.2. The molecule has 1 amide bonds. The summed E-state index contributed by atoms with van der Waals surface area (Å²) in [6, 6.07) is 12.0. The molecule has 2 heterocycles. The zero-order valence-corrected chi connectivity index (χ0v) is 18.3. The molecular formula is C22H22F3N5OS. The van der Waals surface area contributed by atoms with Crippen LogP contribution in [0.3, 0.4) is 0 Å². The highest BCUT2D eigenvalue weighted by molar-refractivity contribution is 8.00. The van der Waals surface area contributed by atoms with E-state index in [0.29, 0.717) is 5.16 Å². The molecule has 0 unspecified atom stereocenters.